The molecule has 0 fully saturated rings. The highest BCUT2D eigenvalue weighted by Crippen LogP contribution is 2.22. The van der Waals surface area contributed by atoms with Gasteiger partial charge in [-0.15, -0.1) is 0 Å². The molecular weight excluding hydrogens is 197 g/mol. The molecule has 0 bridgehead atoms. The minimum absolute atomic E-state index is 0.0631. The molecule has 0 saturated heterocycles. The number of benzene rings is 1. The van der Waals surface area contributed by atoms with Gasteiger partial charge in [-0.2, -0.15) is 0 Å². The first-order valence-corrected chi connectivity index (χ1v) is 4.61. The summed E-state index contributed by atoms with van der Waals surface area (Å²) in [7, 11) is 0. The predicted octanol–water partition coefficient (Wildman–Crippen LogP) is 1.48. The van der Waals surface area contributed by atoms with Crippen LogP contribution in [0.4, 0.5) is 4.39 Å². The van der Waals surface area contributed by atoms with E-state index in [1.807, 2.05) is 0 Å². The molecule has 0 saturated carbocycles. The molecule has 1 heterocycles. The Hall–Kier alpha value is -1.84. The van der Waals surface area contributed by atoms with Crippen molar-refractivity contribution in [3.05, 3.63) is 47.4 Å². The van der Waals surface area contributed by atoms with Gasteiger partial charge in [-0.05, 0) is 23.8 Å². The lowest BCUT2D eigenvalue weighted by molar-refractivity contribution is -0.132. The second kappa shape index (κ2) is 3.73. The molecular formula is C11H10FNO2. The van der Waals surface area contributed by atoms with Gasteiger partial charge in [0, 0.05) is 12.5 Å². The molecule has 3 nitrogen and oxygen atoms in total. The van der Waals surface area contributed by atoms with Crippen LogP contribution in [0, 0.1) is 5.82 Å². The maximum atomic E-state index is 12.9. The van der Waals surface area contributed by atoms with Crippen LogP contribution in [-0.4, -0.2) is 17.6 Å². The predicted molar refractivity (Wildman–Crippen MR) is 52.9 cm³/mol. The molecule has 15 heavy (non-hydrogen) atoms. The maximum Gasteiger partial charge on any atom is 0.351 e. The average Bonchev–Trinajstić information content (AvgIpc) is 2.66. The Labute approximate surface area is 86.2 Å². The van der Waals surface area contributed by atoms with E-state index in [-0.39, 0.29) is 17.4 Å². The highest BCUT2D eigenvalue weighted by atomic mass is 19.1. The lowest BCUT2D eigenvalue weighted by atomic mass is 10.0. The first-order chi connectivity index (χ1) is 7.16. The Balaban J connectivity index is 2.24. The van der Waals surface area contributed by atoms with Crippen LogP contribution in [0.2, 0.25) is 0 Å². The molecule has 0 aromatic heterocycles. The van der Waals surface area contributed by atoms with Gasteiger partial charge < -0.3 is 10.4 Å². The molecule has 1 aromatic carbocycles. The summed E-state index contributed by atoms with van der Waals surface area (Å²) in [6.45, 7) is 0.505. The Morgan fingerprint density at radius 1 is 1.53 bits per heavy atom. The van der Waals surface area contributed by atoms with E-state index in [2.05, 4.69) is 5.32 Å². The quantitative estimate of drug-likeness (QED) is 0.772. The topological polar surface area (TPSA) is 49.3 Å². The molecule has 2 N–H and O–H groups in total. The zero-order valence-electron chi connectivity index (χ0n) is 7.90. The fourth-order valence-electron chi connectivity index (χ4n) is 1.64. The molecule has 0 spiro atoms. The smallest absolute Gasteiger partial charge is 0.351 e. The number of rotatable bonds is 2. The number of halogens is 1. The third kappa shape index (κ3) is 1.98. The Morgan fingerprint density at radius 3 is 2.93 bits per heavy atom. The largest absolute Gasteiger partial charge is 0.477 e. The zero-order valence-corrected chi connectivity index (χ0v) is 7.90. The van der Waals surface area contributed by atoms with Gasteiger partial charge in [-0.1, -0.05) is 12.1 Å². The highest BCUT2D eigenvalue weighted by molar-refractivity contribution is 5.86. The fraction of sp³-hybridized carbons (Fsp3) is 0.182. The molecule has 0 amide bonds. The summed E-state index contributed by atoms with van der Waals surface area (Å²) in [6.07, 6.45) is 1.61. The standard InChI is InChI=1S/C11H10FNO2/c12-9-3-1-2-7(4-9)8-5-10(11(14)15)13-6-8/h1-5,8,13H,6H2,(H,14,15)/t8-/m0/s1. The van der Waals surface area contributed by atoms with Crippen molar-refractivity contribution in [1.29, 1.82) is 0 Å². The van der Waals surface area contributed by atoms with E-state index >= 15 is 0 Å². The van der Waals surface area contributed by atoms with E-state index < -0.39 is 5.97 Å². The Morgan fingerprint density at radius 2 is 2.33 bits per heavy atom. The van der Waals surface area contributed by atoms with Gasteiger partial charge in [-0.25, -0.2) is 9.18 Å². The summed E-state index contributed by atoms with van der Waals surface area (Å²) < 4.78 is 12.9. The molecule has 4 heteroatoms. The lowest BCUT2D eigenvalue weighted by Crippen LogP contribution is -2.16. The third-order valence-corrected chi connectivity index (χ3v) is 2.39. The van der Waals surface area contributed by atoms with Crippen molar-refractivity contribution in [2.24, 2.45) is 0 Å². The van der Waals surface area contributed by atoms with Crippen LogP contribution in [-0.2, 0) is 4.79 Å². The molecule has 2 rings (SSSR count). The first kappa shape index (κ1) is 9.71. The molecule has 1 aliphatic heterocycles. The summed E-state index contributed by atoms with van der Waals surface area (Å²) in [5, 5.41) is 11.5. The normalized spacial score (nSPS) is 19.5. The van der Waals surface area contributed by atoms with Gasteiger partial charge >= 0.3 is 5.97 Å². The summed E-state index contributed by atoms with van der Waals surface area (Å²) in [5.74, 6) is -1.34. The summed E-state index contributed by atoms with van der Waals surface area (Å²) >= 11 is 0. The molecule has 1 aromatic rings. The fourth-order valence-corrected chi connectivity index (χ4v) is 1.64. The minimum Gasteiger partial charge on any atom is -0.477 e. The molecule has 0 aliphatic carbocycles. The van der Waals surface area contributed by atoms with Gasteiger partial charge in [0.2, 0.25) is 0 Å². The van der Waals surface area contributed by atoms with Crippen molar-refractivity contribution in [1.82, 2.24) is 5.32 Å². The van der Waals surface area contributed by atoms with E-state index in [4.69, 9.17) is 5.11 Å². The molecule has 0 unspecified atom stereocenters. The van der Waals surface area contributed by atoms with Crippen LogP contribution in [0.1, 0.15) is 11.5 Å². The van der Waals surface area contributed by atoms with Crippen LogP contribution < -0.4 is 5.32 Å². The monoisotopic (exact) mass is 207 g/mol. The summed E-state index contributed by atoms with van der Waals surface area (Å²) in [6, 6.07) is 6.20. The van der Waals surface area contributed by atoms with Crippen molar-refractivity contribution in [2.45, 2.75) is 5.92 Å². The second-order valence-electron chi connectivity index (χ2n) is 3.43. The van der Waals surface area contributed by atoms with E-state index in [0.29, 0.717) is 6.54 Å². The molecule has 78 valence electrons. The highest BCUT2D eigenvalue weighted by Gasteiger charge is 2.20. The first-order valence-electron chi connectivity index (χ1n) is 4.61. The van der Waals surface area contributed by atoms with Crippen LogP contribution in [0.15, 0.2) is 36.0 Å². The maximum absolute atomic E-state index is 12.9. The van der Waals surface area contributed by atoms with Gasteiger partial charge in [0.1, 0.15) is 11.5 Å². The van der Waals surface area contributed by atoms with Crippen LogP contribution in [0.25, 0.3) is 0 Å². The second-order valence-corrected chi connectivity index (χ2v) is 3.43. The summed E-state index contributed by atoms with van der Waals surface area (Å²) in [4.78, 5) is 10.6. The molecule has 0 radical (unpaired) electrons. The van der Waals surface area contributed by atoms with Crippen LogP contribution in [0.3, 0.4) is 0 Å². The Bertz CT molecular complexity index is 428. The third-order valence-electron chi connectivity index (χ3n) is 2.39. The van der Waals surface area contributed by atoms with E-state index in [1.54, 1.807) is 18.2 Å². The van der Waals surface area contributed by atoms with Gasteiger partial charge in [0.25, 0.3) is 0 Å². The van der Waals surface area contributed by atoms with Crippen molar-refractivity contribution >= 4 is 5.97 Å². The number of aliphatic carboxylic acids is 1. The number of carbonyl (C=O) groups is 1. The molecule has 1 atom stereocenters. The zero-order chi connectivity index (χ0) is 10.8. The van der Waals surface area contributed by atoms with E-state index in [0.717, 1.165) is 5.56 Å². The van der Waals surface area contributed by atoms with Crippen molar-refractivity contribution < 1.29 is 14.3 Å². The van der Waals surface area contributed by atoms with Crippen LogP contribution in [0.5, 0.6) is 0 Å². The number of hydrogen-bond acceptors (Lipinski definition) is 2. The molecule has 1 aliphatic rings. The van der Waals surface area contributed by atoms with E-state index in [9.17, 15) is 9.18 Å². The van der Waals surface area contributed by atoms with E-state index in [1.165, 1.54) is 12.1 Å². The van der Waals surface area contributed by atoms with Crippen molar-refractivity contribution in [3.63, 3.8) is 0 Å². The van der Waals surface area contributed by atoms with Gasteiger partial charge in [0.15, 0.2) is 0 Å². The lowest BCUT2D eigenvalue weighted by Gasteiger charge is -2.06. The van der Waals surface area contributed by atoms with Crippen molar-refractivity contribution in [2.75, 3.05) is 6.54 Å². The minimum atomic E-state index is -0.978. The van der Waals surface area contributed by atoms with Crippen molar-refractivity contribution in [3.8, 4) is 0 Å². The number of carboxylic acids is 1. The van der Waals surface area contributed by atoms with Gasteiger partial charge in [-0.3, -0.25) is 0 Å². The number of hydrogen-bond donors (Lipinski definition) is 2. The SMILES string of the molecule is O=C(O)C1=C[C@H](c2cccc(F)c2)CN1. The van der Waals surface area contributed by atoms with Crippen LogP contribution >= 0.6 is 0 Å². The number of carboxylic acid groups (broad SMARTS) is 1. The number of nitrogens with one attached hydrogen (secondary N) is 1. The average molecular weight is 207 g/mol. The van der Waals surface area contributed by atoms with Gasteiger partial charge in [0.05, 0.1) is 0 Å². The summed E-state index contributed by atoms with van der Waals surface area (Å²) in [5.41, 5.74) is 0.975. The Kier molecular flexibility index (Phi) is 2.41.